The molecule has 1 saturated carbocycles. The van der Waals surface area contributed by atoms with E-state index in [1.807, 2.05) is 26.0 Å². The second-order valence-corrected chi connectivity index (χ2v) is 14.0. The molecule has 5 heterocycles. The van der Waals surface area contributed by atoms with Crippen molar-refractivity contribution < 1.29 is 28.5 Å². The van der Waals surface area contributed by atoms with Gasteiger partial charge in [-0.2, -0.15) is 0 Å². The van der Waals surface area contributed by atoms with E-state index in [1.54, 1.807) is 19.9 Å². The number of ether oxygens (including phenoxy) is 3. The second kappa shape index (κ2) is 10.6. The summed E-state index contributed by atoms with van der Waals surface area (Å²) in [6.45, 7) is 7.78. The topological polar surface area (TPSA) is 175 Å². The molecule has 1 aromatic heterocycles. The van der Waals surface area contributed by atoms with Gasteiger partial charge in [0.05, 0.1) is 23.8 Å². The molecular formula is C35H42N4O7. The molecule has 0 bridgehead atoms. The number of phenols is 1. The number of carbonyl (C=O) groups is 1. The number of esters is 1. The van der Waals surface area contributed by atoms with Gasteiger partial charge in [-0.05, 0) is 75.7 Å². The quantitative estimate of drug-likeness (QED) is 0.233. The summed E-state index contributed by atoms with van der Waals surface area (Å²) in [5.74, 6) is 1.36. The number of aryl methyl sites for hydroxylation is 1. The Morgan fingerprint density at radius 1 is 1.13 bits per heavy atom. The minimum absolute atomic E-state index is 0.0808. The van der Waals surface area contributed by atoms with Crippen LogP contribution >= 0.6 is 0 Å². The summed E-state index contributed by atoms with van der Waals surface area (Å²) >= 11 is 0. The number of nitrogens with two attached hydrogens (primary N) is 2. The third kappa shape index (κ3) is 5.10. The van der Waals surface area contributed by atoms with Crippen LogP contribution in [-0.4, -0.2) is 47.1 Å². The molecule has 0 amide bonds. The van der Waals surface area contributed by atoms with Gasteiger partial charge < -0.3 is 45.8 Å². The van der Waals surface area contributed by atoms with Crippen molar-refractivity contribution in [3.05, 3.63) is 80.8 Å². The van der Waals surface area contributed by atoms with Crippen molar-refractivity contribution >= 4 is 16.9 Å². The predicted octanol–water partition coefficient (Wildman–Crippen LogP) is 3.57. The molecule has 2 aromatic rings. The summed E-state index contributed by atoms with van der Waals surface area (Å²) in [7, 11) is 0. The Morgan fingerprint density at radius 2 is 1.89 bits per heavy atom. The van der Waals surface area contributed by atoms with Crippen molar-refractivity contribution in [3.63, 3.8) is 0 Å². The maximum Gasteiger partial charge on any atom is 0.341 e. The summed E-state index contributed by atoms with van der Waals surface area (Å²) in [5, 5.41) is 17.7. The number of fused-ring (bicyclic) bond motifs is 2. The van der Waals surface area contributed by atoms with Crippen molar-refractivity contribution in [3.8, 4) is 11.5 Å². The summed E-state index contributed by atoms with van der Waals surface area (Å²) in [6, 6.07) is 2.86. The van der Waals surface area contributed by atoms with Gasteiger partial charge >= 0.3 is 5.97 Å². The fourth-order valence-corrected chi connectivity index (χ4v) is 7.59. The molecule has 7 N–H and O–H groups in total. The lowest BCUT2D eigenvalue weighted by Crippen LogP contribution is -2.50. The number of carbonyl (C=O) groups excluding carboxylic acids is 1. The normalized spacial score (nSPS) is 29.2. The number of aromatic hydroxyl groups is 1. The number of phenolic OH excluding ortho intramolecular Hbond substituents is 1. The Kier molecular flexibility index (Phi) is 6.97. The van der Waals surface area contributed by atoms with E-state index in [0.717, 1.165) is 36.8 Å². The summed E-state index contributed by atoms with van der Waals surface area (Å²) in [5.41, 5.74) is 12.8. The number of allylic oxidation sites excluding steroid dienone is 2. The van der Waals surface area contributed by atoms with Crippen LogP contribution in [0.25, 0.3) is 11.0 Å². The van der Waals surface area contributed by atoms with Gasteiger partial charge in [0, 0.05) is 30.7 Å². The smallest absolute Gasteiger partial charge is 0.341 e. The van der Waals surface area contributed by atoms with Gasteiger partial charge in [-0.25, -0.2) is 4.79 Å². The number of benzene rings is 1. The highest BCUT2D eigenvalue weighted by Gasteiger charge is 2.63. The minimum atomic E-state index is -1.12. The van der Waals surface area contributed by atoms with Crippen LogP contribution in [0.3, 0.4) is 0 Å². The predicted molar refractivity (Wildman–Crippen MR) is 172 cm³/mol. The standard InChI is InChI=1S/C35H42N4O7/c1-18-11-23(40)30-25(43-18)16-24-21(31(30)41)15-26(33(2,3)45-24)44-32(42)34(4)27(46-34)17-35(8-5-6-9-35)20-13-22(39-29(37)14-20)19-7-10-38-28(36)12-19/h7,11-14,16,22,26-27,38-39,41H,5-6,8-10,15,17,36-37H2,1-4H3/t22?,26-,27-,34+/m1/s1. The van der Waals surface area contributed by atoms with E-state index >= 15 is 0 Å². The Labute approximate surface area is 267 Å². The van der Waals surface area contributed by atoms with E-state index in [1.165, 1.54) is 6.07 Å². The Bertz CT molecular complexity index is 1810. The van der Waals surface area contributed by atoms with Crippen LogP contribution < -0.4 is 32.3 Å². The average Bonchev–Trinajstić information content (AvgIpc) is 3.39. The van der Waals surface area contributed by atoms with Crippen LogP contribution in [0.1, 0.15) is 64.2 Å². The van der Waals surface area contributed by atoms with E-state index in [4.69, 9.17) is 30.1 Å². The maximum atomic E-state index is 13.8. The zero-order valence-corrected chi connectivity index (χ0v) is 26.7. The summed E-state index contributed by atoms with van der Waals surface area (Å²) in [6.07, 6.45) is 12.2. The number of nitrogens with one attached hydrogen (secondary N) is 2. The first-order valence-electron chi connectivity index (χ1n) is 16.0. The third-order valence-corrected chi connectivity index (χ3v) is 10.4. The van der Waals surface area contributed by atoms with Gasteiger partial charge in [0.25, 0.3) is 0 Å². The molecule has 11 nitrogen and oxygen atoms in total. The molecule has 1 aromatic carbocycles. The SMILES string of the molecule is Cc1cc(=O)c2c(O)c3c(cc2o1)OC(C)(C)[C@H](OC(=O)[C@@]1(C)O[C@@H]1CC1(C2=CC(C4=CCNC(N)=C4)NC(N)=C2)CCCC1)C3. The molecule has 11 heteroatoms. The lowest BCUT2D eigenvalue weighted by molar-refractivity contribution is -0.167. The first kappa shape index (κ1) is 30.3. The van der Waals surface area contributed by atoms with Gasteiger partial charge in [-0.1, -0.05) is 25.0 Å². The number of hydrogen-bond donors (Lipinski definition) is 5. The zero-order valence-electron chi connectivity index (χ0n) is 26.7. The Balaban J connectivity index is 1.10. The van der Waals surface area contributed by atoms with Crippen molar-refractivity contribution in [2.24, 2.45) is 16.9 Å². The molecule has 0 spiro atoms. The molecule has 46 heavy (non-hydrogen) atoms. The first-order valence-corrected chi connectivity index (χ1v) is 16.0. The average molecular weight is 631 g/mol. The molecule has 1 saturated heterocycles. The molecule has 7 rings (SSSR count). The summed E-state index contributed by atoms with van der Waals surface area (Å²) < 4.78 is 24.2. The maximum absolute atomic E-state index is 13.8. The van der Waals surface area contributed by atoms with Gasteiger partial charge in [0.2, 0.25) is 0 Å². The summed E-state index contributed by atoms with van der Waals surface area (Å²) in [4.78, 5) is 26.5. The van der Waals surface area contributed by atoms with Crippen LogP contribution in [0.15, 0.2) is 68.4 Å². The highest BCUT2D eigenvalue weighted by molar-refractivity contribution is 5.87. The molecule has 2 fully saturated rings. The van der Waals surface area contributed by atoms with Crippen LogP contribution in [0, 0.1) is 12.3 Å². The van der Waals surface area contributed by atoms with E-state index in [-0.39, 0.29) is 46.1 Å². The fraction of sp³-hybridized carbons (Fsp3) is 0.486. The van der Waals surface area contributed by atoms with Gasteiger partial charge in [0.1, 0.15) is 39.9 Å². The van der Waals surface area contributed by atoms with Crippen molar-refractivity contribution in [2.45, 2.75) is 95.7 Å². The lowest BCUT2D eigenvalue weighted by Gasteiger charge is -2.39. The number of hydrogen-bond acceptors (Lipinski definition) is 11. The molecule has 4 aliphatic heterocycles. The Hall–Kier alpha value is -4.38. The van der Waals surface area contributed by atoms with Crippen LogP contribution in [0.2, 0.25) is 0 Å². The second-order valence-electron chi connectivity index (χ2n) is 14.0. The highest BCUT2D eigenvalue weighted by atomic mass is 16.7. The lowest BCUT2D eigenvalue weighted by atomic mass is 9.72. The molecule has 244 valence electrons. The van der Waals surface area contributed by atoms with Crippen LogP contribution in [0.4, 0.5) is 0 Å². The Morgan fingerprint density at radius 3 is 2.63 bits per heavy atom. The molecule has 1 aliphatic carbocycles. The fourth-order valence-electron chi connectivity index (χ4n) is 7.59. The molecule has 4 atom stereocenters. The number of rotatable bonds is 6. The van der Waals surface area contributed by atoms with E-state index < -0.39 is 23.3 Å². The number of dihydropyridines is 2. The minimum Gasteiger partial charge on any atom is -0.507 e. The van der Waals surface area contributed by atoms with Crippen molar-refractivity contribution in [1.29, 1.82) is 0 Å². The van der Waals surface area contributed by atoms with Gasteiger partial charge in [-0.15, -0.1) is 0 Å². The van der Waals surface area contributed by atoms with Gasteiger partial charge in [0.15, 0.2) is 11.0 Å². The van der Waals surface area contributed by atoms with Crippen LogP contribution in [-0.2, 0) is 20.7 Å². The van der Waals surface area contributed by atoms with E-state index in [0.29, 0.717) is 41.7 Å². The largest absolute Gasteiger partial charge is 0.507 e. The van der Waals surface area contributed by atoms with E-state index in [9.17, 15) is 14.7 Å². The monoisotopic (exact) mass is 630 g/mol. The van der Waals surface area contributed by atoms with Crippen molar-refractivity contribution in [1.82, 2.24) is 10.6 Å². The van der Waals surface area contributed by atoms with Crippen molar-refractivity contribution in [2.75, 3.05) is 6.54 Å². The zero-order chi connectivity index (χ0) is 32.6. The molecule has 5 aliphatic rings. The molecule has 0 radical (unpaired) electrons. The van der Waals surface area contributed by atoms with Crippen LogP contribution in [0.5, 0.6) is 11.5 Å². The highest BCUT2D eigenvalue weighted by Crippen LogP contribution is 2.55. The first-order chi connectivity index (χ1) is 21.8. The molecular weight excluding hydrogens is 588 g/mol. The third-order valence-electron chi connectivity index (χ3n) is 10.4. The molecule has 1 unspecified atom stereocenters. The number of epoxide rings is 1. The van der Waals surface area contributed by atoms with E-state index in [2.05, 4.69) is 22.8 Å². The van der Waals surface area contributed by atoms with Gasteiger partial charge in [-0.3, -0.25) is 4.79 Å².